The zero-order valence-electron chi connectivity index (χ0n) is 19.4. The van der Waals surface area contributed by atoms with E-state index in [1.165, 1.54) is 36.2 Å². The van der Waals surface area contributed by atoms with Crippen molar-refractivity contribution in [1.29, 1.82) is 0 Å². The number of hydrogen-bond acceptors (Lipinski definition) is 5. The molecule has 2 aliphatic rings. The van der Waals surface area contributed by atoms with Gasteiger partial charge in [0, 0.05) is 49.8 Å². The first-order valence-electron chi connectivity index (χ1n) is 11.9. The summed E-state index contributed by atoms with van der Waals surface area (Å²) in [6, 6.07) is 16.5. The maximum absolute atomic E-state index is 12.9. The number of hydrogen-bond donors (Lipinski definition) is 1. The highest BCUT2D eigenvalue weighted by molar-refractivity contribution is 5.94. The minimum atomic E-state index is -0.233. The lowest BCUT2D eigenvalue weighted by Crippen LogP contribution is -2.39. The van der Waals surface area contributed by atoms with Crippen molar-refractivity contribution < 1.29 is 9.53 Å². The van der Waals surface area contributed by atoms with E-state index in [9.17, 15) is 4.79 Å². The number of likely N-dealkylation sites (N-methyl/N-ethyl adjacent to an activating group) is 1. The number of ether oxygens (including phenoxy) is 1. The van der Waals surface area contributed by atoms with Crippen LogP contribution in [0.25, 0.3) is 0 Å². The summed E-state index contributed by atoms with van der Waals surface area (Å²) in [6.07, 6.45) is 3.84. The number of rotatable bonds is 7. The largest absolute Gasteiger partial charge is 0.378 e. The van der Waals surface area contributed by atoms with Crippen LogP contribution in [0, 0.1) is 0 Å². The van der Waals surface area contributed by atoms with Crippen molar-refractivity contribution in [3.05, 3.63) is 54.1 Å². The second kappa shape index (κ2) is 10.8. The number of amides is 1. The molecule has 0 bridgehead atoms. The number of anilines is 3. The van der Waals surface area contributed by atoms with Crippen LogP contribution in [0.15, 0.2) is 48.5 Å². The summed E-state index contributed by atoms with van der Waals surface area (Å²) in [4.78, 5) is 19.9. The van der Waals surface area contributed by atoms with Crippen LogP contribution in [-0.2, 0) is 16.1 Å². The summed E-state index contributed by atoms with van der Waals surface area (Å²) < 4.78 is 5.42. The van der Waals surface area contributed by atoms with Gasteiger partial charge < -0.3 is 19.9 Å². The summed E-state index contributed by atoms with van der Waals surface area (Å²) in [5.74, 6) is 0.0158. The van der Waals surface area contributed by atoms with E-state index in [-0.39, 0.29) is 11.9 Å². The second-order valence-corrected chi connectivity index (χ2v) is 8.90. The molecule has 172 valence electrons. The van der Waals surface area contributed by atoms with Crippen LogP contribution < -0.4 is 15.1 Å². The van der Waals surface area contributed by atoms with E-state index < -0.39 is 0 Å². The quantitative estimate of drug-likeness (QED) is 0.712. The Labute approximate surface area is 192 Å². The van der Waals surface area contributed by atoms with E-state index in [1.54, 1.807) is 0 Å². The number of para-hydroxylation sites is 1. The third-order valence-corrected chi connectivity index (χ3v) is 6.66. The van der Waals surface area contributed by atoms with Crippen LogP contribution in [0.4, 0.5) is 17.1 Å². The molecule has 0 spiro atoms. The molecule has 2 aliphatic heterocycles. The van der Waals surface area contributed by atoms with Gasteiger partial charge in [0.1, 0.15) is 0 Å². The lowest BCUT2D eigenvalue weighted by molar-refractivity contribution is -0.120. The molecule has 32 heavy (non-hydrogen) atoms. The molecule has 2 heterocycles. The first-order valence-corrected chi connectivity index (χ1v) is 11.9. The normalized spacial score (nSPS) is 18.0. The van der Waals surface area contributed by atoms with Crippen LogP contribution >= 0.6 is 0 Å². The maximum Gasteiger partial charge on any atom is 0.241 e. The van der Waals surface area contributed by atoms with Crippen molar-refractivity contribution in [3.63, 3.8) is 0 Å². The second-order valence-electron chi connectivity index (χ2n) is 8.90. The number of nitrogens with one attached hydrogen (secondary N) is 1. The average Bonchev–Trinajstić information content (AvgIpc) is 2.85. The van der Waals surface area contributed by atoms with Crippen LogP contribution in [0.1, 0.15) is 31.7 Å². The zero-order valence-corrected chi connectivity index (χ0v) is 19.4. The molecule has 6 heteroatoms. The molecule has 0 saturated carbocycles. The molecular weight excluding hydrogens is 400 g/mol. The molecule has 2 fully saturated rings. The van der Waals surface area contributed by atoms with Crippen molar-refractivity contribution in [2.45, 2.75) is 38.8 Å². The number of carbonyl (C=O) groups excluding carboxylic acids is 1. The molecule has 2 saturated heterocycles. The highest BCUT2D eigenvalue weighted by Gasteiger charge is 2.21. The lowest BCUT2D eigenvalue weighted by atomic mass is 10.1. The SMILES string of the molecule is C[C@@H](C(=O)Nc1ccc(N2CCOCC2)cc1)N(C)Cc1ccccc1N1CCCCC1. The fourth-order valence-electron chi connectivity index (χ4n) is 4.52. The van der Waals surface area contributed by atoms with Gasteiger partial charge in [-0.3, -0.25) is 9.69 Å². The topological polar surface area (TPSA) is 48.1 Å². The van der Waals surface area contributed by atoms with Crippen molar-refractivity contribution in [3.8, 4) is 0 Å². The van der Waals surface area contributed by atoms with Crippen LogP contribution in [0.5, 0.6) is 0 Å². The third kappa shape index (κ3) is 5.61. The molecule has 6 nitrogen and oxygen atoms in total. The standard InChI is InChI=1S/C26H36N4O2/c1-21(26(31)27-23-10-12-24(13-11-23)29-16-18-32-19-17-29)28(2)20-22-8-4-5-9-25(22)30-14-6-3-7-15-30/h4-5,8-13,21H,3,6-7,14-20H2,1-2H3,(H,27,31)/t21-/m0/s1. The van der Waals surface area contributed by atoms with Gasteiger partial charge in [0.25, 0.3) is 0 Å². The smallest absolute Gasteiger partial charge is 0.241 e. The van der Waals surface area contributed by atoms with Crippen LogP contribution in [0.3, 0.4) is 0 Å². The average molecular weight is 437 g/mol. The van der Waals surface area contributed by atoms with Gasteiger partial charge in [-0.05, 0) is 69.1 Å². The molecule has 0 unspecified atom stereocenters. The van der Waals surface area contributed by atoms with Gasteiger partial charge in [-0.15, -0.1) is 0 Å². The van der Waals surface area contributed by atoms with E-state index in [0.717, 1.165) is 51.6 Å². The Bertz CT molecular complexity index is 874. The molecule has 0 aliphatic carbocycles. The molecule has 1 amide bonds. The Morgan fingerprint density at radius 1 is 0.969 bits per heavy atom. The van der Waals surface area contributed by atoms with Gasteiger partial charge in [0.2, 0.25) is 5.91 Å². The summed E-state index contributed by atoms with van der Waals surface area (Å²) >= 11 is 0. The fraction of sp³-hybridized carbons (Fsp3) is 0.500. The van der Waals surface area contributed by atoms with E-state index >= 15 is 0 Å². The fourth-order valence-corrected chi connectivity index (χ4v) is 4.52. The van der Waals surface area contributed by atoms with Gasteiger partial charge in [-0.25, -0.2) is 0 Å². The van der Waals surface area contributed by atoms with Gasteiger partial charge in [-0.1, -0.05) is 18.2 Å². The Hall–Kier alpha value is -2.57. The molecule has 0 aromatic heterocycles. The first kappa shape index (κ1) is 22.6. The van der Waals surface area contributed by atoms with Crippen molar-refractivity contribution in [2.75, 3.05) is 61.6 Å². The van der Waals surface area contributed by atoms with Crippen molar-refractivity contribution >= 4 is 23.0 Å². The van der Waals surface area contributed by atoms with Crippen LogP contribution in [0.2, 0.25) is 0 Å². The molecule has 0 radical (unpaired) electrons. The monoisotopic (exact) mass is 436 g/mol. The lowest BCUT2D eigenvalue weighted by Gasteiger charge is -2.32. The van der Waals surface area contributed by atoms with Crippen LogP contribution in [-0.4, -0.2) is 63.3 Å². The van der Waals surface area contributed by atoms with E-state index in [1.807, 2.05) is 26.1 Å². The Morgan fingerprint density at radius 2 is 1.66 bits per heavy atom. The summed E-state index contributed by atoms with van der Waals surface area (Å²) in [5.41, 5.74) is 4.60. The Kier molecular flexibility index (Phi) is 7.66. The third-order valence-electron chi connectivity index (χ3n) is 6.66. The van der Waals surface area contributed by atoms with Gasteiger partial charge in [0.15, 0.2) is 0 Å². The minimum Gasteiger partial charge on any atom is -0.378 e. The molecule has 2 aromatic rings. The van der Waals surface area contributed by atoms with Crippen molar-refractivity contribution in [2.24, 2.45) is 0 Å². The van der Waals surface area contributed by atoms with E-state index in [4.69, 9.17) is 4.74 Å². The predicted octanol–water partition coefficient (Wildman–Crippen LogP) is 3.97. The summed E-state index contributed by atoms with van der Waals surface area (Å²) in [7, 11) is 2.03. The zero-order chi connectivity index (χ0) is 22.3. The highest BCUT2D eigenvalue weighted by Crippen LogP contribution is 2.26. The molecule has 2 aromatic carbocycles. The molecule has 1 atom stereocenters. The molecule has 1 N–H and O–H groups in total. The van der Waals surface area contributed by atoms with E-state index in [2.05, 4.69) is 56.4 Å². The van der Waals surface area contributed by atoms with Gasteiger partial charge >= 0.3 is 0 Å². The highest BCUT2D eigenvalue weighted by atomic mass is 16.5. The van der Waals surface area contributed by atoms with E-state index in [0.29, 0.717) is 0 Å². The first-order chi connectivity index (χ1) is 15.6. The number of morpholine rings is 1. The summed E-state index contributed by atoms with van der Waals surface area (Å²) in [6.45, 7) is 8.32. The van der Waals surface area contributed by atoms with Crippen molar-refractivity contribution in [1.82, 2.24) is 4.90 Å². The predicted molar refractivity (Wildman–Crippen MR) is 132 cm³/mol. The number of piperidine rings is 1. The number of benzene rings is 2. The Morgan fingerprint density at radius 3 is 2.38 bits per heavy atom. The Balaban J connectivity index is 1.35. The summed E-state index contributed by atoms with van der Waals surface area (Å²) in [5, 5.41) is 3.08. The maximum atomic E-state index is 12.9. The number of carbonyl (C=O) groups is 1. The van der Waals surface area contributed by atoms with Gasteiger partial charge in [-0.2, -0.15) is 0 Å². The number of nitrogens with zero attached hydrogens (tertiary/aromatic N) is 3. The minimum absolute atomic E-state index is 0.0158. The molecular formula is C26H36N4O2. The van der Waals surface area contributed by atoms with Gasteiger partial charge in [0.05, 0.1) is 19.3 Å². The molecule has 4 rings (SSSR count).